The fourth-order valence-electron chi connectivity index (χ4n) is 3.39. The van der Waals surface area contributed by atoms with Crippen molar-refractivity contribution in [1.29, 1.82) is 0 Å². The number of hydrogen-bond acceptors (Lipinski definition) is 2. The van der Waals surface area contributed by atoms with Crippen LogP contribution in [0.3, 0.4) is 0 Å². The maximum Gasteiger partial charge on any atom is 0.234 e. The molecule has 0 fully saturated rings. The van der Waals surface area contributed by atoms with E-state index in [1.165, 1.54) is 21.9 Å². The van der Waals surface area contributed by atoms with Crippen LogP contribution in [0.1, 0.15) is 29.7 Å². The molecule has 3 aromatic carbocycles. The monoisotopic (exact) mass is 346 g/mol. The summed E-state index contributed by atoms with van der Waals surface area (Å²) in [6, 6.07) is 23.0. The van der Waals surface area contributed by atoms with Gasteiger partial charge in [0.25, 0.3) is 0 Å². The lowest BCUT2D eigenvalue weighted by Gasteiger charge is -2.20. The minimum absolute atomic E-state index is 0.0118. The zero-order chi connectivity index (χ0) is 18.5. The average molecular weight is 346 g/mol. The Kier molecular flexibility index (Phi) is 5.69. The topological polar surface area (TPSA) is 32.3 Å². The van der Waals surface area contributed by atoms with Crippen LogP contribution in [0.15, 0.2) is 66.7 Å². The summed E-state index contributed by atoms with van der Waals surface area (Å²) in [5.74, 6) is 0.0454. The van der Waals surface area contributed by atoms with Gasteiger partial charge in [0.1, 0.15) is 0 Å². The SMILES string of the molecule is Cc1ccccc1[C@H](C)NC(=O)CN(C)Cc1ccc2ccccc2c1. The summed E-state index contributed by atoms with van der Waals surface area (Å²) in [5.41, 5.74) is 3.58. The van der Waals surface area contributed by atoms with Crippen molar-refractivity contribution in [1.82, 2.24) is 10.2 Å². The highest BCUT2D eigenvalue weighted by molar-refractivity contribution is 5.83. The quantitative estimate of drug-likeness (QED) is 0.715. The Labute approximate surface area is 155 Å². The third-order valence-corrected chi connectivity index (χ3v) is 4.71. The lowest BCUT2D eigenvalue weighted by Crippen LogP contribution is -2.36. The number of rotatable bonds is 6. The molecule has 1 N–H and O–H groups in total. The molecule has 0 unspecified atom stereocenters. The van der Waals surface area contributed by atoms with Crippen LogP contribution in [-0.4, -0.2) is 24.4 Å². The predicted octanol–water partition coefficient (Wildman–Crippen LogP) is 4.46. The van der Waals surface area contributed by atoms with Gasteiger partial charge in [-0.1, -0.05) is 60.7 Å². The third kappa shape index (κ3) is 4.50. The molecule has 1 amide bonds. The molecular weight excluding hydrogens is 320 g/mol. The molecule has 134 valence electrons. The van der Waals surface area contributed by atoms with Crippen LogP contribution in [0.5, 0.6) is 0 Å². The predicted molar refractivity (Wildman–Crippen MR) is 108 cm³/mol. The molecule has 1 atom stereocenters. The van der Waals surface area contributed by atoms with Gasteiger partial charge in [-0.15, -0.1) is 0 Å². The number of nitrogens with zero attached hydrogens (tertiary/aromatic N) is 1. The standard InChI is InChI=1S/C23H26N2O/c1-17-8-4-7-11-22(17)18(2)24-23(26)16-25(3)15-19-12-13-20-9-5-6-10-21(20)14-19/h4-14,18H,15-16H2,1-3H3,(H,24,26)/t18-/m0/s1. The highest BCUT2D eigenvalue weighted by Crippen LogP contribution is 2.18. The van der Waals surface area contributed by atoms with Gasteiger partial charge in [0, 0.05) is 6.54 Å². The molecule has 0 heterocycles. The zero-order valence-corrected chi connectivity index (χ0v) is 15.7. The van der Waals surface area contributed by atoms with E-state index in [0.717, 1.165) is 12.1 Å². The van der Waals surface area contributed by atoms with E-state index in [4.69, 9.17) is 0 Å². The molecule has 3 nitrogen and oxygen atoms in total. The number of carbonyl (C=O) groups is 1. The lowest BCUT2D eigenvalue weighted by molar-refractivity contribution is -0.122. The van der Waals surface area contributed by atoms with Crippen molar-refractivity contribution in [2.45, 2.75) is 26.4 Å². The number of hydrogen-bond donors (Lipinski definition) is 1. The Balaban J connectivity index is 1.57. The largest absolute Gasteiger partial charge is 0.348 e. The van der Waals surface area contributed by atoms with E-state index in [1.807, 2.05) is 37.1 Å². The van der Waals surface area contributed by atoms with Crippen molar-refractivity contribution in [3.8, 4) is 0 Å². The number of likely N-dealkylation sites (N-methyl/N-ethyl adjacent to an activating group) is 1. The Morgan fingerprint density at radius 2 is 1.69 bits per heavy atom. The third-order valence-electron chi connectivity index (χ3n) is 4.71. The van der Waals surface area contributed by atoms with E-state index < -0.39 is 0 Å². The van der Waals surface area contributed by atoms with Gasteiger partial charge in [-0.3, -0.25) is 9.69 Å². The molecule has 0 aliphatic carbocycles. The number of nitrogens with one attached hydrogen (secondary N) is 1. The first-order valence-corrected chi connectivity index (χ1v) is 9.04. The van der Waals surface area contributed by atoms with E-state index in [0.29, 0.717) is 6.54 Å². The average Bonchev–Trinajstić information content (AvgIpc) is 2.61. The molecule has 0 aliphatic rings. The van der Waals surface area contributed by atoms with Crippen LogP contribution in [0, 0.1) is 6.92 Å². The number of carbonyl (C=O) groups excluding carboxylic acids is 1. The summed E-state index contributed by atoms with van der Waals surface area (Å²) in [6.45, 7) is 5.23. The second-order valence-electron chi connectivity index (χ2n) is 7.00. The Morgan fingerprint density at radius 1 is 1.00 bits per heavy atom. The van der Waals surface area contributed by atoms with E-state index in [2.05, 4.69) is 60.8 Å². The van der Waals surface area contributed by atoms with Gasteiger partial charge in [-0.2, -0.15) is 0 Å². The Morgan fingerprint density at radius 3 is 2.46 bits per heavy atom. The van der Waals surface area contributed by atoms with Crippen LogP contribution < -0.4 is 5.32 Å². The number of fused-ring (bicyclic) bond motifs is 1. The number of benzene rings is 3. The van der Waals surface area contributed by atoms with Gasteiger partial charge in [0.05, 0.1) is 12.6 Å². The maximum absolute atomic E-state index is 12.4. The first-order chi connectivity index (χ1) is 12.5. The van der Waals surface area contributed by atoms with Gasteiger partial charge in [0.2, 0.25) is 5.91 Å². The molecule has 0 spiro atoms. The summed E-state index contributed by atoms with van der Waals surface area (Å²) >= 11 is 0. The highest BCUT2D eigenvalue weighted by Gasteiger charge is 2.13. The molecule has 0 bridgehead atoms. The van der Waals surface area contributed by atoms with Crippen LogP contribution in [0.4, 0.5) is 0 Å². The summed E-state index contributed by atoms with van der Waals surface area (Å²) in [7, 11) is 1.98. The Hall–Kier alpha value is -2.65. The molecule has 3 heteroatoms. The minimum atomic E-state index is 0.0118. The van der Waals surface area contributed by atoms with Crippen molar-refractivity contribution in [3.05, 3.63) is 83.4 Å². The van der Waals surface area contributed by atoms with Crippen molar-refractivity contribution in [2.75, 3.05) is 13.6 Å². The normalized spacial score (nSPS) is 12.3. The van der Waals surface area contributed by atoms with Crippen molar-refractivity contribution in [3.63, 3.8) is 0 Å². The summed E-state index contributed by atoms with van der Waals surface area (Å²) < 4.78 is 0. The van der Waals surface area contributed by atoms with Crippen LogP contribution in [-0.2, 0) is 11.3 Å². The molecule has 0 radical (unpaired) electrons. The highest BCUT2D eigenvalue weighted by atomic mass is 16.2. The Bertz CT molecular complexity index is 903. The van der Waals surface area contributed by atoms with Crippen molar-refractivity contribution >= 4 is 16.7 Å². The van der Waals surface area contributed by atoms with Crippen LogP contribution in [0.2, 0.25) is 0 Å². The molecule has 0 aliphatic heterocycles. The molecule has 0 saturated carbocycles. The van der Waals surface area contributed by atoms with Crippen molar-refractivity contribution < 1.29 is 4.79 Å². The van der Waals surface area contributed by atoms with Gasteiger partial charge in [-0.25, -0.2) is 0 Å². The van der Waals surface area contributed by atoms with Crippen molar-refractivity contribution in [2.24, 2.45) is 0 Å². The summed E-state index contributed by atoms with van der Waals surface area (Å²) in [5, 5.41) is 5.57. The van der Waals surface area contributed by atoms with Crippen LogP contribution >= 0.6 is 0 Å². The summed E-state index contributed by atoms with van der Waals surface area (Å²) in [6.07, 6.45) is 0. The molecule has 3 rings (SSSR count). The molecular formula is C23H26N2O. The number of amides is 1. The molecule has 3 aromatic rings. The fraction of sp³-hybridized carbons (Fsp3) is 0.261. The maximum atomic E-state index is 12.4. The molecule has 26 heavy (non-hydrogen) atoms. The van der Waals surface area contributed by atoms with Gasteiger partial charge in [-0.05, 0) is 54.4 Å². The lowest BCUT2D eigenvalue weighted by atomic mass is 10.0. The van der Waals surface area contributed by atoms with E-state index in [-0.39, 0.29) is 11.9 Å². The fourth-order valence-corrected chi connectivity index (χ4v) is 3.39. The first-order valence-electron chi connectivity index (χ1n) is 9.04. The second-order valence-corrected chi connectivity index (χ2v) is 7.00. The van der Waals surface area contributed by atoms with Gasteiger partial charge >= 0.3 is 0 Å². The van der Waals surface area contributed by atoms with Gasteiger partial charge in [0.15, 0.2) is 0 Å². The first kappa shape index (κ1) is 18.2. The smallest absolute Gasteiger partial charge is 0.234 e. The molecule has 0 saturated heterocycles. The van der Waals surface area contributed by atoms with Crippen LogP contribution in [0.25, 0.3) is 10.8 Å². The molecule has 0 aromatic heterocycles. The zero-order valence-electron chi connectivity index (χ0n) is 15.7. The van der Waals surface area contributed by atoms with E-state index >= 15 is 0 Å². The number of aryl methyl sites for hydroxylation is 1. The van der Waals surface area contributed by atoms with E-state index in [9.17, 15) is 4.79 Å². The summed E-state index contributed by atoms with van der Waals surface area (Å²) in [4.78, 5) is 14.4. The second kappa shape index (κ2) is 8.15. The van der Waals surface area contributed by atoms with E-state index in [1.54, 1.807) is 0 Å². The van der Waals surface area contributed by atoms with Gasteiger partial charge < -0.3 is 5.32 Å². The minimum Gasteiger partial charge on any atom is -0.348 e.